The molecular formula is C20H21N3. The summed E-state index contributed by atoms with van der Waals surface area (Å²) < 4.78 is 0. The fraction of sp³-hybridized carbons (Fsp3) is 0.300. The van der Waals surface area contributed by atoms with Crippen molar-refractivity contribution < 1.29 is 0 Å². The summed E-state index contributed by atoms with van der Waals surface area (Å²) in [5.74, 6) is 0. The molecule has 0 fully saturated rings. The highest BCUT2D eigenvalue weighted by molar-refractivity contribution is 5.74. The van der Waals surface area contributed by atoms with E-state index in [1.807, 2.05) is 24.3 Å². The normalized spacial score (nSPS) is 17.3. The van der Waals surface area contributed by atoms with Gasteiger partial charge in [0.05, 0.1) is 29.0 Å². The van der Waals surface area contributed by atoms with Crippen LogP contribution in [0.4, 0.5) is 5.69 Å². The maximum absolute atomic E-state index is 4.87. The number of anilines is 1. The Morgan fingerprint density at radius 1 is 1.00 bits per heavy atom. The lowest BCUT2D eigenvalue weighted by Gasteiger charge is -2.37. The van der Waals surface area contributed by atoms with Gasteiger partial charge >= 0.3 is 0 Å². The predicted molar refractivity (Wildman–Crippen MR) is 94.7 cm³/mol. The van der Waals surface area contributed by atoms with E-state index < -0.39 is 0 Å². The molecule has 2 aromatic carbocycles. The first kappa shape index (κ1) is 14.2. The van der Waals surface area contributed by atoms with Crippen LogP contribution >= 0.6 is 0 Å². The predicted octanol–water partition coefficient (Wildman–Crippen LogP) is 4.28. The zero-order chi connectivity index (χ0) is 15.8. The summed E-state index contributed by atoms with van der Waals surface area (Å²) >= 11 is 0. The summed E-state index contributed by atoms with van der Waals surface area (Å²) in [7, 11) is 0. The fourth-order valence-electron chi connectivity index (χ4n) is 3.44. The van der Waals surface area contributed by atoms with Crippen LogP contribution in [0.25, 0.3) is 11.0 Å². The third-order valence-corrected chi connectivity index (χ3v) is 4.83. The highest BCUT2D eigenvalue weighted by atomic mass is 15.2. The number of hydrogen-bond acceptors (Lipinski definition) is 3. The molecule has 0 radical (unpaired) electrons. The zero-order valence-corrected chi connectivity index (χ0v) is 13.7. The van der Waals surface area contributed by atoms with E-state index in [1.54, 1.807) is 0 Å². The Hall–Kier alpha value is -2.42. The summed E-state index contributed by atoms with van der Waals surface area (Å²) in [4.78, 5) is 12.1. The lowest BCUT2D eigenvalue weighted by atomic mass is 9.96. The molecule has 23 heavy (non-hydrogen) atoms. The van der Waals surface area contributed by atoms with Crippen LogP contribution in [0.15, 0.2) is 48.5 Å². The standard InChI is InChI=1S/C20H21N3/c1-14-11-12-16-7-3-6-10-20(16)23(14)13-19-15(2)21-17-8-4-5-9-18(17)22-19/h3-10,14H,11-13H2,1-2H3. The summed E-state index contributed by atoms with van der Waals surface area (Å²) in [6.45, 7) is 5.19. The van der Waals surface area contributed by atoms with Crippen molar-refractivity contribution in [2.24, 2.45) is 0 Å². The molecule has 1 aliphatic heterocycles. The Kier molecular flexibility index (Phi) is 3.49. The maximum Gasteiger partial charge on any atom is 0.0891 e. The van der Waals surface area contributed by atoms with Gasteiger partial charge in [0, 0.05) is 11.7 Å². The zero-order valence-electron chi connectivity index (χ0n) is 13.7. The molecule has 3 nitrogen and oxygen atoms in total. The van der Waals surface area contributed by atoms with Crippen LogP contribution in [0.1, 0.15) is 30.3 Å². The molecular weight excluding hydrogens is 282 g/mol. The van der Waals surface area contributed by atoms with Crippen LogP contribution < -0.4 is 4.90 Å². The van der Waals surface area contributed by atoms with E-state index >= 15 is 0 Å². The highest BCUT2D eigenvalue weighted by Crippen LogP contribution is 2.31. The minimum atomic E-state index is 0.526. The van der Waals surface area contributed by atoms with E-state index in [-0.39, 0.29) is 0 Å². The van der Waals surface area contributed by atoms with Crippen LogP contribution in [-0.4, -0.2) is 16.0 Å². The molecule has 0 N–H and O–H groups in total. The Morgan fingerprint density at radius 2 is 1.70 bits per heavy atom. The van der Waals surface area contributed by atoms with Gasteiger partial charge in [0.15, 0.2) is 0 Å². The lowest BCUT2D eigenvalue weighted by Crippen LogP contribution is -2.37. The minimum Gasteiger partial charge on any atom is -0.363 e. The average Bonchev–Trinajstić information content (AvgIpc) is 2.58. The second kappa shape index (κ2) is 5.65. The first-order chi connectivity index (χ1) is 11.2. The van der Waals surface area contributed by atoms with Crippen molar-refractivity contribution in [2.45, 2.75) is 39.3 Å². The van der Waals surface area contributed by atoms with Gasteiger partial charge in [-0.2, -0.15) is 0 Å². The van der Waals surface area contributed by atoms with E-state index in [0.717, 1.165) is 35.4 Å². The second-order valence-corrected chi connectivity index (χ2v) is 6.39. The molecule has 0 saturated carbocycles. The van der Waals surface area contributed by atoms with Crippen molar-refractivity contribution in [3.8, 4) is 0 Å². The monoisotopic (exact) mass is 303 g/mol. The van der Waals surface area contributed by atoms with Crippen LogP contribution in [0.2, 0.25) is 0 Å². The van der Waals surface area contributed by atoms with E-state index in [9.17, 15) is 0 Å². The number of aryl methyl sites for hydroxylation is 2. The Morgan fingerprint density at radius 3 is 2.52 bits per heavy atom. The van der Waals surface area contributed by atoms with Crippen molar-refractivity contribution in [1.82, 2.24) is 9.97 Å². The molecule has 2 heterocycles. The Balaban J connectivity index is 1.74. The summed E-state index contributed by atoms with van der Waals surface area (Å²) in [5.41, 5.74) is 6.84. The largest absolute Gasteiger partial charge is 0.363 e. The topological polar surface area (TPSA) is 29.0 Å². The molecule has 0 bridgehead atoms. The number of para-hydroxylation sites is 3. The molecule has 0 aliphatic carbocycles. The number of hydrogen-bond donors (Lipinski definition) is 0. The van der Waals surface area contributed by atoms with Crippen LogP contribution in [-0.2, 0) is 13.0 Å². The Bertz CT molecular complexity index is 856. The Labute approximate surface area is 137 Å². The average molecular weight is 303 g/mol. The van der Waals surface area contributed by atoms with Gasteiger partial charge in [-0.3, -0.25) is 0 Å². The summed E-state index contributed by atoms with van der Waals surface area (Å²) in [5, 5.41) is 0. The molecule has 3 aromatic rings. The third-order valence-electron chi connectivity index (χ3n) is 4.83. The third kappa shape index (κ3) is 2.56. The first-order valence-electron chi connectivity index (χ1n) is 8.29. The van der Waals surface area contributed by atoms with Gasteiger partial charge in [-0.15, -0.1) is 0 Å². The van der Waals surface area contributed by atoms with Gasteiger partial charge in [-0.05, 0) is 50.5 Å². The molecule has 0 saturated heterocycles. The molecule has 116 valence electrons. The molecule has 1 atom stereocenters. The van der Waals surface area contributed by atoms with Crippen LogP contribution in [0, 0.1) is 6.92 Å². The van der Waals surface area contributed by atoms with Gasteiger partial charge in [0.25, 0.3) is 0 Å². The van der Waals surface area contributed by atoms with Gasteiger partial charge in [0.2, 0.25) is 0 Å². The van der Waals surface area contributed by atoms with E-state index in [2.05, 4.69) is 43.0 Å². The highest BCUT2D eigenvalue weighted by Gasteiger charge is 2.23. The number of fused-ring (bicyclic) bond motifs is 2. The van der Waals surface area contributed by atoms with Crippen molar-refractivity contribution >= 4 is 16.7 Å². The molecule has 1 aliphatic rings. The molecule has 4 rings (SSSR count). The fourth-order valence-corrected chi connectivity index (χ4v) is 3.44. The van der Waals surface area contributed by atoms with Crippen molar-refractivity contribution in [3.63, 3.8) is 0 Å². The molecule has 1 unspecified atom stereocenters. The molecule has 3 heteroatoms. The van der Waals surface area contributed by atoms with Gasteiger partial charge < -0.3 is 4.90 Å². The van der Waals surface area contributed by atoms with Gasteiger partial charge in [-0.1, -0.05) is 30.3 Å². The number of benzene rings is 2. The van der Waals surface area contributed by atoms with Gasteiger partial charge in [0.1, 0.15) is 0 Å². The molecule has 1 aromatic heterocycles. The van der Waals surface area contributed by atoms with E-state index in [4.69, 9.17) is 9.97 Å². The van der Waals surface area contributed by atoms with Gasteiger partial charge in [-0.25, -0.2) is 9.97 Å². The molecule has 0 spiro atoms. The number of aromatic nitrogens is 2. The van der Waals surface area contributed by atoms with Crippen molar-refractivity contribution in [1.29, 1.82) is 0 Å². The summed E-state index contributed by atoms with van der Waals surface area (Å²) in [6.07, 6.45) is 2.35. The second-order valence-electron chi connectivity index (χ2n) is 6.39. The lowest BCUT2D eigenvalue weighted by molar-refractivity contribution is 0.555. The maximum atomic E-state index is 4.87. The summed E-state index contributed by atoms with van der Waals surface area (Å²) in [6, 6.07) is 17.4. The van der Waals surface area contributed by atoms with Crippen molar-refractivity contribution in [3.05, 3.63) is 65.5 Å². The van der Waals surface area contributed by atoms with E-state index in [1.165, 1.54) is 17.7 Å². The van der Waals surface area contributed by atoms with Crippen LogP contribution in [0.5, 0.6) is 0 Å². The van der Waals surface area contributed by atoms with Crippen molar-refractivity contribution in [2.75, 3.05) is 4.90 Å². The van der Waals surface area contributed by atoms with E-state index in [0.29, 0.717) is 6.04 Å². The first-order valence-corrected chi connectivity index (χ1v) is 8.29. The minimum absolute atomic E-state index is 0.526. The molecule has 0 amide bonds. The SMILES string of the molecule is Cc1nc2ccccc2nc1CN1c2ccccc2CCC1C. The number of nitrogens with zero attached hydrogens (tertiary/aromatic N) is 3. The van der Waals surface area contributed by atoms with Crippen LogP contribution in [0.3, 0.4) is 0 Å². The smallest absolute Gasteiger partial charge is 0.0891 e. The number of rotatable bonds is 2. The quantitative estimate of drug-likeness (QED) is 0.707.